The fourth-order valence-electron chi connectivity index (χ4n) is 2.41. The summed E-state index contributed by atoms with van der Waals surface area (Å²) in [6, 6.07) is 0. The van der Waals surface area contributed by atoms with E-state index in [9.17, 15) is 4.79 Å². The summed E-state index contributed by atoms with van der Waals surface area (Å²) < 4.78 is 0. The lowest BCUT2D eigenvalue weighted by Gasteiger charge is -2.33. The smallest absolute Gasteiger partial charge is 0.138 e. The highest BCUT2D eigenvalue weighted by molar-refractivity contribution is 5.82. The molecule has 88 valence electrons. The van der Waals surface area contributed by atoms with Crippen LogP contribution in [0.2, 0.25) is 0 Å². The predicted molar refractivity (Wildman–Crippen MR) is 63.9 cm³/mol. The third kappa shape index (κ3) is 3.60. The topological polar surface area (TPSA) is 20.3 Å². The molecule has 0 saturated carbocycles. The van der Waals surface area contributed by atoms with Crippen molar-refractivity contribution in [2.75, 3.05) is 19.6 Å². The zero-order valence-electron chi connectivity index (χ0n) is 10.5. The van der Waals surface area contributed by atoms with Crippen LogP contribution in [0.4, 0.5) is 0 Å². The van der Waals surface area contributed by atoms with Gasteiger partial charge < -0.3 is 4.90 Å². The van der Waals surface area contributed by atoms with Crippen LogP contribution in [0.1, 0.15) is 46.5 Å². The van der Waals surface area contributed by atoms with E-state index in [4.69, 9.17) is 0 Å². The number of nitrogens with zero attached hydrogens (tertiary/aromatic N) is 1. The van der Waals surface area contributed by atoms with Crippen molar-refractivity contribution in [3.63, 3.8) is 0 Å². The van der Waals surface area contributed by atoms with Gasteiger partial charge in [0.1, 0.15) is 5.78 Å². The van der Waals surface area contributed by atoms with E-state index in [1.807, 2.05) is 0 Å². The summed E-state index contributed by atoms with van der Waals surface area (Å²) in [6.45, 7) is 9.85. The molecular weight excluding hydrogens is 186 g/mol. The molecule has 0 aromatic heterocycles. The van der Waals surface area contributed by atoms with Gasteiger partial charge in [0, 0.05) is 32.0 Å². The molecule has 0 radical (unpaired) electrons. The van der Waals surface area contributed by atoms with Crippen LogP contribution in [0.3, 0.4) is 0 Å². The van der Waals surface area contributed by atoms with E-state index in [1.165, 1.54) is 19.4 Å². The first-order valence-electron chi connectivity index (χ1n) is 6.46. The number of rotatable bonds is 5. The van der Waals surface area contributed by atoms with Crippen molar-refractivity contribution < 1.29 is 4.79 Å². The molecule has 0 aliphatic carbocycles. The monoisotopic (exact) mass is 211 g/mol. The van der Waals surface area contributed by atoms with Crippen LogP contribution < -0.4 is 0 Å². The fourth-order valence-corrected chi connectivity index (χ4v) is 2.41. The van der Waals surface area contributed by atoms with Gasteiger partial charge in [-0.15, -0.1) is 0 Å². The number of Topliss-reactive ketones (excluding diaryl/α,β-unsaturated/α-hetero) is 1. The van der Waals surface area contributed by atoms with Gasteiger partial charge in [-0.3, -0.25) is 4.79 Å². The van der Waals surface area contributed by atoms with Crippen molar-refractivity contribution in [1.29, 1.82) is 0 Å². The summed E-state index contributed by atoms with van der Waals surface area (Å²) in [4.78, 5) is 14.1. The molecule has 1 heterocycles. The molecule has 1 aliphatic heterocycles. The summed E-state index contributed by atoms with van der Waals surface area (Å²) >= 11 is 0. The van der Waals surface area contributed by atoms with Crippen LogP contribution >= 0.6 is 0 Å². The van der Waals surface area contributed by atoms with Crippen LogP contribution in [-0.4, -0.2) is 30.3 Å². The van der Waals surface area contributed by atoms with Gasteiger partial charge in [-0.25, -0.2) is 0 Å². The van der Waals surface area contributed by atoms with E-state index in [2.05, 4.69) is 25.7 Å². The molecule has 1 aliphatic rings. The summed E-state index contributed by atoms with van der Waals surface area (Å²) in [6.07, 6.45) is 4.31. The minimum atomic E-state index is 0.313. The van der Waals surface area contributed by atoms with E-state index in [1.54, 1.807) is 0 Å². The van der Waals surface area contributed by atoms with E-state index < -0.39 is 0 Å². The number of piperidine rings is 1. The molecule has 1 atom stereocenters. The Morgan fingerprint density at radius 2 is 2.00 bits per heavy atom. The predicted octanol–water partition coefficient (Wildman–Crippen LogP) is 2.72. The van der Waals surface area contributed by atoms with Crippen LogP contribution in [0.25, 0.3) is 0 Å². The van der Waals surface area contributed by atoms with Crippen molar-refractivity contribution in [3.05, 3.63) is 0 Å². The number of carbonyl (C=O) groups excluding carboxylic acids is 1. The lowest BCUT2D eigenvalue weighted by molar-refractivity contribution is -0.126. The average Bonchev–Trinajstić information content (AvgIpc) is 2.28. The zero-order chi connectivity index (χ0) is 11.3. The van der Waals surface area contributed by atoms with Gasteiger partial charge in [0.25, 0.3) is 0 Å². The maximum atomic E-state index is 11.6. The average molecular weight is 211 g/mol. The van der Waals surface area contributed by atoms with Crippen molar-refractivity contribution in [3.8, 4) is 0 Å². The Kier molecular flexibility index (Phi) is 5.30. The van der Waals surface area contributed by atoms with Gasteiger partial charge in [-0.05, 0) is 12.3 Å². The lowest BCUT2D eigenvalue weighted by Crippen LogP contribution is -2.42. The van der Waals surface area contributed by atoms with Crippen LogP contribution in [0.15, 0.2) is 0 Å². The largest absolute Gasteiger partial charge is 0.302 e. The van der Waals surface area contributed by atoms with E-state index in [-0.39, 0.29) is 0 Å². The van der Waals surface area contributed by atoms with E-state index in [0.29, 0.717) is 11.7 Å². The molecule has 1 rings (SSSR count). The summed E-state index contributed by atoms with van der Waals surface area (Å²) in [7, 11) is 0. The van der Waals surface area contributed by atoms with Gasteiger partial charge >= 0.3 is 0 Å². The first kappa shape index (κ1) is 12.7. The van der Waals surface area contributed by atoms with Crippen LogP contribution in [0, 0.1) is 11.8 Å². The Hall–Kier alpha value is -0.370. The molecule has 0 aromatic rings. The Balaban J connectivity index is 2.40. The highest BCUT2D eigenvalue weighted by Crippen LogP contribution is 2.19. The maximum absolute atomic E-state index is 11.6. The second-order valence-electron chi connectivity index (χ2n) is 4.76. The molecule has 0 bridgehead atoms. The molecule has 0 amide bonds. The Morgan fingerprint density at radius 3 is 2.53 bits per heavy atom. The molecule has 1 unspecified atom stereocenters. The first-order chi connectivity index (χ1) is 7.21. The summed E-state index contributed by atoms with van der Waals surface area (Å²) in [5.74, 6) is 1.61. The van der Waals surface area contributed by atoms with Gasteiger partial charge in [-0.1, -0.05) is 33.6 Å². The molecular formula is C13H25NO. The quantitative estimate of drug-likeness (QED) is 0.697. The zero-order valence-corrected chi connectivity index (χ0v) is 10.5. The highest BCUT2D eigenvalue weighted by atomic mass is 16.1. The van der Waals surface area contributed by atoms with E-state index >= 15 is 0 Å². The SMILES string of the molecule is CCC(CC)CN1CCC(=O)C(CC)C1. The molecule has 15 heavy (non-hydrogen) atoms. The number of ketones is 1. The second kappa shape index (κ2) is 6.26. The van der Waals surface area contributed by atoms with Gasteiger partial charge in [0.05, 0.1) is 0 Å². The van der Waals surface area contributed by atoms with Crippen LogP contribution in [0.5, 0.6) is 0 Å². The number of hydrogen-bond donors (Lipinski definition) is 0. The third-order valence-electron chi connectivity index (χ3n) is 3.77. The van der Waals surface area contributed by atoms with Crippen molar-refractivity contribution in [2.45, 2.75) is 46.5 Å². The number of likely N-dealkylation sites (tertiary alicyclic amines) is 1. The normalized spacial score (nSPS) is 23.7. The van der Waals surface area contributed by atoms with Gasteiger partial charge in [-0.2, -0.15) is 0 Å². The number of carbonyl (C=O) groups is 1. The van der Waals surface area contributed by atoms with Crippen molar-refractivity contribution in [1.82, 2.24) is 4.90 Å². The van der Waals surface area contributed by atoms with Crippen molar-refractivity contribution >= 4 is 5.78 Å². The molecule has 0 spiro atoms. The molecule has 1 fully saturated rings. The fraction of sp³-hybridized carbons (Fsp3) is 0.923. The summed E-state index contributed by atoms with van der Waals surface area (Å²) in [5, 5.41) is 0. The molecule has 0 aromatic carbocycles. The second-order valence-corrected chi connectivity index (χ2v) is 4.76. The standard InChI is InChI=1S/C13H25NO/c1-4-11(5-2)9-14-8-7-13(15)12(6-3)10-14/h11-12H,4-10H2,1-3H3. The Labute approximate surface area is 94.0 Å². The van der Waals surface area contributed by atoms with Crippen LogP contribution in [-0.2, 0) is 4.79 Å². The van der Waals surface area contributed by atoms with Gasteiger partial charge in [0.2, 0.25) is 0 Å². The molecule has 2 heteroatoms. The molecule has 0 N–H and O–H groups in total. The minimum absolute atomic E-state index is 0.313. The molecule has 2 nitrogen and oxygen atoms in total. The Morgan fingerprint density at radius 1 is 1.33 bits per heavy atom. The lowest BCUT2D eigenvalue weighted by atomic mass is 9.92. The number of hydrogen-bond acceptors (Lipinski definition) is 2. The van der Waals surface area contributed by atoms with E-state index in [0.717, 1.165) is 31.8 Å². The highest BCUT2D eigenvalue weighted by Gasteiger charge is 2.26. The minimum Gasteiger partial charge on any atom is -0.302 e. The third-order valence-corrected chi connectivity index (χ3v) is 3.77. The Bertz CT molecular complexity index is 199. The molecule has 1 saturated heterocycles. The van der Waals surface area contributed by atoms with Gasteiger partial charge in [0.15, 0.2) is 0 Å². The van der Waals surface area contributed by atoms with Crippen molar-refractivity contribution in [2.24, 2.45) is 11.8 Å². The summed E-state index contributed by atoms with van der Waals surface area (Å²) in [5.41, 5.74) is 0. The maximum Gasteiger partial charge on any atom is 0.138 e. The first-order valence-corrected chi connectivity index (χ1v) is 6.46.